The summed E-state index contributed by atoms with van der Waals surface area (Å²) in [4.78, 5) is 21.1. The summed E-state index contributed by atoms with van der Waals surface area (Å²) in [6.45, 7) is 3.67. The zero-order valence-electron chi connectivity index (χ0n) is 14.2. The van der Waals surface area contributed by atoms with E-state index in [1.54, 1.807) is 17.5 Å². The average Bonchev–Trinajstić information content (AvgIpc) is 3.09. The second-order valence-corrected chi connectivity index (χ2v) is 7.01. The summed E-state index contributed by atoms with van der Waals surface area (Å²) >= 11 is 1.64. The molecule has 0 radical (unpaired) electrons. The maximum absolute atomic E-state index is 12.5. The molecule has 1 fully saturated rings. The van der Waals surface area contributed by atoms with E-state index in [0.29, 0.717) is 12.5 Å². The topological polar surface area (TPSA) is 62.2 Å². The Labute approximate surface area is 146 Å². The Morgan fingerprint density at radius 3 is 2.83 bits per heavy atom. The van der Waals surface area contributed by atoms with Crippen LogP contribution in [-0.4, -0.2) is 52.2 Å². The van der Waals surface area contributed by atoms with Gasteiger partial charge in [0.1, 0.15) is 0 Å². The maximum Gasteiger partial charge on any atom is 0.228 e. The van der Waals surface area contributed by atoms with Gasteiger partial charge in [0.05, 0.1) is 17.1 Å². The predicted octanol–water partition coefficient (Wildman–Crippen LogP) is 2.17. The third-order valence-electron chi connectivity index (χ3n) is 4.52. The van der Waals surface area contributed by atoms with Crippen LogP contribution >= 0.6 is 11.3 Å². The normalized spacial score (nSPS) is 15.5. The second-order valence-electron chi connectivity index (χ2n) is 6.07. The van der Waals surface area contributed by atoms with E-state index in [4.69, 9.17) is 0 Å². The van der Waals surface area contributed by atoms with Crippen LogP contribution in [0.5, 0.6) is 0 Å². The fourth-order valence-electron chi connectivity index (χ4n) is 3.03. The first-order valence-corrected chi connectivity index (χ1v) is 9.27. The van der Waals surface area contributed by atoms with Gasteiger partial charge in [0, 0.05) is 37.8 Å². The Kier molecular flexibility index (Phi) is 5.40. The highest BCUT2D eigenvalue weighted by molar-refractivity contribution is 7.09. The van der Waals surface area contributed by atoms with E-state index in [1.165, 1.54) is 0 Å². The zero-order valence-corrected chi connectivity index (χ0v) is 15.0. The Hall–Kier alpha value is -2.02. The zero-order chi connectivity index (χ0) is 16.9. The van der Waals surface area contributed by atoms with E-state index in [0.717, 1.165) is 48.9 Å². The van der Waals surface area contributed by atoms with Crippen LogP contribution < -0.4 is 4.90 Å². The summed E-state index contributed by atoms with van der Waals surface area (Å²) in [5.41, 5.74) is 0.903. The Balaban J connectivity index is 1.52. The van der Waals surface area contributed by atoms with Gasteiger partial charge in [0.25, 0.3) is 0 Å². The highest BCUT2D eigenvalue weighted by Gasteiger charge is 2.26. The number of piperidine rings is 1. The van der Waals surface area contributed by atoms with Gasteiger partial charge >= 0.3 is 0 Å². The molecule has 24 heavy (non-hydrogen) atoms. The fourth-order valence-corrected chi connectivity index (χ4v) is 3.78. The summed E-state index contributed by atoms with van der Waals surface area (Å²) < 4.78 is 0. The molecule has 1 amide bonds. The number of carbonyl (C=O) groups excluding carboxylic acids is 1. The van der Waals surface area contributed by atoms with Crippen molar-refractivity contribution in [2.45, 2.75) is 38.6 Å². The summed E-state index contributed by atoms with van der Waals surface area (Å²) in [5, 5.41) is 11.2. The number of aryl methyl sites for hydroxylation is 1. The van der Waals surface area contributed by atoms with Crippen molar-refractivity contribution in [1.82, 2.24) is 20.1 Å². The number of aromatic nitrogens is 3. The summed E-state index contributed by atoms with van der Waals surface area (Å²) in [6.07, 6.45) is 4.94. The van der Waals surface area contributed by atoms with Gasteiger partial charge in [-0.05, 0) is 31.4 Å². The van der Waals surface area contributed by atoms with Gasteiger partial charge in [-0.15, -0.1) is 16.4 Å². The minimum absolute atomic E-state index is 0.184. The van der Waals surface area contributed by atoms with Gasteiger partial charge in [-0.2, -0.15) is 5.10 Å². The molecule has 0 spiro atoms. The van der Waals surface area contributed by atoms with Gasteiger partial charge in [0.2, 0.25) is 5.91 Å². The molecule has 1 saturated heterocycles. The number of carbonyl (C=O) groups is 1. The minimum atomic E-state index is 0.184. The second kappa shape index (κ2) is 7.70. The standard InChI is InChI=1S/C17H23N5OS/c1-3-16-19-13(12-24-16)11-17(23)22-9-6-14(7-10-22)21(2)15-5-4-8-18-20-15/h4-5,8,12,14H,3,6-7,9-11H2,1-2H3. The van der Waals surface area contributed by atoms with Crippen LogP contribution in [0.2, 0.25) is 0 Å². The van der Waals surface area contributed by atoms with E-state index >= 15 is 0 Å². The molecule has 2 aromatic heterocycles. The molecular weight excluding hydrogens is 322 g/mol. The van der Waals surface area contributed by atoms with Crippen molar-refractivity contribution in [3.63, 3.8) is 0 Å². The van der Waals surface area contributed by atoms with Crippen molar-refractivity contribution < 1.29 is 4.79 Å². The number of hydrogen-bond acceptors (Lipinski definition) is 6. The smallest absolute Gasteiger partial charge is 0.228 e. The maximum atomic E-state index is 12.5. The number of nitrogens with zero attached hydrogens (tertiary/aromatic N) is 5. The van der Waals surface area contributed by atoms with E-state index < -0.39 is 0 Å². The number of likely N-dealkylation sites (tertiary alicyclic amines) is 1. The van der Waals surface area contributed by atoms with Crippen molar-refractivity contribution in [2.24, 2.45) is 0 Å². The predicted molar refractivity (Wildman–Crippen MR) is 95.2 cm³/mol. The van der Waals surface area contributed by atoms with Crippen molar-refractivity contribution >= 4 is 23.1 Å². The van der Waals surface area contributed by atoms with Crippen LogP contribution in [0, 0.1) is 0 Å². The molecule has 0 N–H and O–H groups in total. The number of amides is 1. The molecule has 6 nitrogen and oxygen atoms in total. The number of hydrogen-bond donors (Lipinski definition) is 0. The molecule has 2 aromatic rings. The molecule has 1 aliphatic rings. The van der Waals surface area contributed by atoms with Crippen molar-refractivity contribution in [3.05, 3.63) is 34.4 Å². The highest BCUT2D eigenvalue weighted by atomic mass is 32.1. The van der Waals surface area contributed by atoms with Crippen LogP contribution in [0.3, 0.4) is 0 Å². The Morgan fingerprint density at radius 1 is 1.42 bits per heavy atom. The molecule has 1 aliphatic heterocycles. The molecule has 7 heteroatoms. The molecule has 0 atom stereocenters. The summed E-state index contributed by atoms with van der Waals surface area (Å²) in [7, 11) is 2.05. The molecular formula is C17H23N5OS. The van der Waals surface area contributed by atoms with Crippen LogP contribution in [0.1, 0.15) is 30.5 Å². The first-order valence-electron chi connectivity index (χ1n) is 8.39. The van der Waals surface area contributed by atoms with Gasteiger partial charge in [-0.1, -0.05) is 6.92 Å². The number of thiazole rings is 1. The first kappa shape index (κ1) is 16.8. The molecule has 0 aliphatic carbocycles. The van der Waals surface area contributed by atoms with E-state index in [-0.39, 0.29) is 5.91 Å². The van der Waals surface area contributed by atoms with E-state index in [9.17, 15) is 4.79 Å². The average molecular weight is 345 g/mol. The molecule has 0 aromatic carbocycles. The quantitative estimate of drug-likeness (QED) is 0.831. The molecule has 3 rings (SSSR count). The van der Waals surface area contributed by atoms with Crippen molar-refractivity contribution in [2.75, 3.05) is 25.0 Å². The lowest BCUT2D eigenvalue weighted by Crippen LogP contribution is -2.46. The number of anilines is 1. The lowest BCUT2D eigenvalue weighted by atomic mass is 10.0. The van der Waals surface area contributed by atoms with Gasteiger partial charge in [-0.3, -0.25) is 4.79 Å². The highest BCUT2D eigenvalue weighted by Crippen LogP contribution is 2.20. The molecule has 3 heterocycles. The summed E-state index contributed by atoms with van der Waals surface area (Å²) in [5.74, 6) is 1.07. The number of rotatable bonds is 5. The van der Waals surface area contributed by atoms with E-state index in [2.05, 4.69) is 27.0 Å². The van der Waals surface area contributed by atoms with Crippen molar-refractivity contribution in [3.8, 4) is 0 Å². The molecule has 0 unspecified atom stereocenters. The van der Waals surface area contributed by atoms with E-state index in [1.807, 2.05) is 29.5 Å². The molecule has 0 saturated carbocycles. The summed E-state index contributed by atoms with van der Waals surface area (Å²) in [6, 6.07) is 4.27. The molecule has 0 bridgehead atoms. The third kappa shape index (κ3) is 3.90. The largest absolute Gasteiger partial charge is 0.355 e. The third-order valence-corrected chi connectivity index (χ3v) is 5.56. The molecule has 128 valence electrons. The van der Waals surface area contributed by atoms with Crippen LogP contribution in [0.15, 0.2) is 23.7 Å². The Morgan fingerprint density at radius 2 is 2.21 bits per heavy atom. The van der Waals surface area contributed by atoms with Gasteiger partial charge < -0.3 is 9.80 Å². The lowest BCUT2D eigenvalue weighted by Gasteiger charge is -2.37. The SMILES string of the molecule is CCc1nc(CC(=O)N2CCC(N(C)c3cccnn3)CC2)cs1. The Bertz CT molecular complexity index is 667. The van der Waals surface area contributed by atoms with Crippen LogP contribution in [0.4, 0.5) is 5.82 Å². The van der Waals surface area contributed by atoms with Crippen LogP contribution in [0.25, 0.3) is 0 Å². The van der Waals surface area contributed by atoms with Gasteiger partial charge in [0.15, 0.2) is 5.82 Å². The fraction of sp³-hybridized carbons (Fsp3) is 0.529. The van der Waals surface area contributed by atoms with Crippen LogP contribution in [-0.2, 0) is 17.6 Å². The monoisotopic (exact) mass is 345 g/mol. The van der Waals surface area contributed by atoms with Crippen molar-refractivity contribution in [1.29, 1.82) is 0 Å². The van der Waals surface area contributed by atoms with Gasteiger partial charge in [-0.25, -0.2) is 4.98 Å². The lowest BCUT2D eigenvalue weighted by molar-refractivity contribution is -0.131. The first-order chi connectivity index (χ1) is 11.7. The minimum Gasteiger partial charge on any atom is -0.355 e.